The molecule has 0 radical (unpaired) electrons. The molecule has 4 aromatic rings. The molecule has 1 saturated heterocycles. The Labute approximate surface area is 190 Å². The lowest BCUT2D eigenvalue weighted by Crippen LogP contribution is -2.34. The summed E-state index contributed by atoms with van der Waals surface area (Å²) in [6.45, 7) is 3.26. The first-order valence-corrected chi connectivity index (χ1v) is 11.7. The van der Waals surface area contributed by atoms with Crippen molar-refractivity contribution >= 4 is 5.69 Å². The highest BCUT2D eigenvalue weighted by molar-refractivity contribution is 5.84. The molecule has 158 valence electrons. The lowest BCUT2D eigenvalue weighted by atomic mass is 9.88. The predicted octanol–water partition coefficient (Wildman–Crippen LogP) is 6.71. The van der Waals surface area contributed by atoms with Crippen molar-refractivity contribution in [1.29, 1.82) is 0 Å². The SMILES string of the molecule is c1ccc(C(CCN2CCN3c4ccccc4-c4ccccc4C23)c2ccccc2)cc1. The number of benzene rings is 4. The Bertz CT molecular complexity index is 1160. The number of anilines is 1. The minimum Gasteiger partial charge on any atom is -0.350 e. The van der Waals surface area contributed by atoms with Crippen molar-refractivity contribution in [2.24, 2.45) is 0 Å². The van der Waals surface area contributed by atoms with E-state index in [2.05, 4.69) is 119 Å². The molecule has 32 heavy (non-hydrogen) atoms. The molecule has 2 heteroatoms. The third-order valence-electron chi connectivity index (χ3n) is 7.12. The number of fused-ring (bicyclic) bond motifs is 6. The molecule has 2 heterocycles. The van der Waals surface area contributed by atoms with E-state index < -0.39 is 0 Å². The van der Waals surface area contributed by atoms with Crippen LogP contribution in [0, 0.1) is 0 Å². The van der Waals surface area contributed by atoms with Crippen molar-refractivity contribution in [3.05, 3.63) is 126 Å². The van der Waals surface area contributed by atoms with Gasteiger partial charge in [-0.1, -0.05) is 103 Å². The summed E-state index contributed by atoms with van der Waals surface area (Å²) in [5.41, 5.74) is 8.39. The predicted molar refractivity (Wildman–Crippen MR) is 133 cm³/mol. The molecule has 2 nitrogen and oxygen atoms in total. The topological polar surface area (TPSA) is 6.48 Å². The Hall–Kier alpha value is -3.36. The number of rotatable bonds is 5. The van der Waals surface area contributed by atoms with Crippen LogP contribution in [0.4, 0.5) is 5.69 Å². The second-order valence-corrected chi connectivity index (χ2v) is 8.87. The van der Waals surface area contributed by atoms with Gasteiger partial charge in [0, 0.05) is 36.8 Å². The van der Waals surface area contributed by atoms with Crippen LogP contribution >= 0.6 is 0 Å². The summed E-state index contributed by atoms with van der Waals surface area (Å²) in [6, 6.07) is 39.9. The lowest BCUT2D eigenvalue weighted by molar-refractivity contribution is 0.251. The van der Waals surface area contributed by atoms with Crippen molar-refractivity contribution in [3.63, 3.8) is 0 Å². The number of nitrogens with zero attached hydrogens (tertiary/aromatic N) is 2. The summed E-state index contributed by atoms with van der Waals surface area (Å²) in [4.78, 5) is 5.30. The highest BCUT2D eigenvalue weighted by Gasteiger charge is 2.39. The second kappa shape index (κ2) is 8.29. The van der Waals surface area contributed by atoms with Crippen molar-refractivity contribution < 1.29 is 0 Å². The maximum absolute atomic E-state index is 2.69. The molecular formula is C30H28N2. The first-order chi connectivity index (χ1) is 15.9. The van der Waals surface area contributed by atoms with Crippen molar-refractivity contribution in [2.75, 3.05) is 24.5 Å². The van der Waals surface area contributed by atoms with E-state index in [1.807, 2.05) is 0 Å². The van der Waals surface area contributed by atoms with E-state index in [4.69, 9.17) is 0 Å². The third-order valence-corrected chi connectivity index (χ3v) is 7.12. The molecule has 1 fully saturated rings. The zero-order valence-corrected chi connectivity index (χ0v) is 18.3. The van der Waals surface area contributed by atoms with Crippen LogP contribution in [0.15, 0.2) is 109 Å². The van der Waals surface area contributed by atoms with Crippen molar-refractivity contribution in [2.45, 2.75) is 18.5 Å². The Kier molecular flexibility index (Phi) is 5.01. The first kappa shape index (κ1) is 19.3. The molecule has 0 spiro atoms. The molecule has 2 aliphatic rings. The van der Waals surface area contributed by atoms with Gasteiger partial charge in [-0.3, -0.25) is 4.90 Å². The summed E-state index contributed by atoms with van der Waals surface area (Å²) in [5, 5.41) is 0. The Morgan fingerprint density at radius 3 is 1.94 bits per heavy atom. The van der Waals surface area contributed by atoms with E-state index >= 15 is 0 Å². The van der Waals surface area contributed by atoms with Crippen molar-refractivity contribution in [1.82, 2.24) is 4.90 Å². The number of para-hydroxylation sites is 1. The largest absolute Gasteiger partial charge is 0.350 e. The van der Waals surface area contributed by atoms with E-state index in [9.17, 15) is 0 Å². The average Bonchev–Trinajstić information content (AvgIpc) is 3.30. The maximum atomic E-state index is 2.69. The first-order valence-electron chi connectivity index (χ1n) is 11.7. The molecule has 0 N–H and O–H groups in total. The minimum atomic E-state index is 0.327. The van der Waals surface area contributed by atoms with Crippen molar-refractivity contribution in [3.8, 4) is 11.1 Å². The zero-order chi connectivity index (χ0) is 21.3. The standard InChI is InChI=1S/C30H28N2/c1-3-11-23(12-4-1)25(24-13-5-2-6-14-24)19-20-31-21-22-32-29-18-10-9-16-27(29)26-15-7-8-17-28(26)30(31)32/h1-18,25,30H,19-22H2. The van der Waals surface area contributed by atoms with Crippen LogP contribution in [-0.4, -0.2) is 24.5 Å². The summed E-state index contributed by atoms with van der Waals surface area (Å²) in [5.74, 6) is 0.414. The van der Waals surface area contributed by atoms with Crippen LogP contribution in [0.5, 0.6) is 0 Å². The Morgan fingerprint density at radius 2 is 1.22 bits per heavy atom. The molecule has 1 unspecified atom stereocenters. The van der Waals surface area contributed by atoms with Crippen LogP contribution in [0.1, 0.15) is 35.2 Å². The highest BCUT2D eigenvalue weighted by Crippen LogP contribution is 2.48. The van der Waals surface area contributed by atoms with Crippen LogP contribution in [0.2, 0.25) is 0 Å². The van der Waals surface area contributed by atoms with E-state index in [-0.39, 0.29) is 0 Å². The highest BCUT2D eigenvalue weighted by atomic mass is 15.4. The molecule has 1 atom stereocenters. The van der Waals surface area contributed by atoms with Gasteiger partial charge in [-0.2, -0.15) is 0 Å². The quantitative estimate of drug-likeness (QED) is 0.357. The number of hydrogen-bond donors (Lipinski definition) is 0. The molecule has 4 aromatic carbocycles. The molecule has 0 amide bonds. The molecule has 0 aromatic heterocycles. The van der Waals surface area contributed by atoms with Crippen LogP contribution in [-0.2, 0) is 0 Å². The smallest absolute Gasteiger partial charge is 0.109 e. The van der Waals surface area contributed by atoms with Crippen LogP contribution < -0.4 is 4.90 Å². The monoisotopic (exact) mass is 416 g/mol. The van der Waals surface area contributed by atoms with Gasteiger partial charge in [0.15, 0.2) is 0 Å². The van der Waals surface area contributed by atoms with Gasteiger partial charge in [-0.15, -0.1) is 0 Å². The molecule has 2 aliphatic heterocycles. The fourth-order valence-corrected chi connectivity index (χ4v) is 5.64. The van der Waals surface area contributed by atoms with E-state index in [0.717, 1.165) is 26.1 Å². The van der Waals surface area contributed by atoms with E-state index in [1.165, 1.54) is 33.5 Å². The molecule has 0 saturated carbocycles. The average molecular weight is 417 g/mol. The van der Waals surface area contributed by atoms with Gasteiger partial charge >= 0.3 is 0 Å². The molecule has 0 bridgehead atoms. The van der Waals surface area contributed by atoms with Gasteiger partial charge in [-0.05, 0) is 34.7 Å². The van der Waals surface area contributed by atoms with Gasteiger partial charge in [0.25, 0.3) is 0 Å². The van der Waals surface area contributed by atoms with E-state index in [1.54, 1.807) is 0 Å². The Balaban J connectivity index is 1.31. The lowest BCUT2D eigenvalue weighted by Gasteiger charge is -2.38. The summed E-state index contributed by atoms with van der Waals surface area (Å²) in [6.07, 6.45) is 1.44. The summed E-state index contributed by atoms with van der Waals surface area (Å²) >= 11 is 0. The summed E-state index contributed by atoms with van der Waals surface area (Å²) in [7, 11) is 0. The van der Waals surface area contributed by atoms with Gasteiger partial charge < -0.3 is 4.90 Å². The molecule has 6 rings (SSSR count). The number of hydrogen-bond acceptors (Lipinski definition) is 2. The fraction of sp³-hybridized carbons (Fsp3) is 0.200. The minimum absolute atomic E-state index is 0.327. The summed E-state index contributed by atoms with van der Waals surface area (Å²) < 4.78 is 0. The van der Waals surface area contributed by atoms with Gasteiger partial charge in [0.1, 0.15) is 6.17 Å². The zero-order valence-electron chi connectivity index (χ0n) is 18.3. The van der Waals surface area contributed by atoms with Gasteiger partial charge in [-0.25, -0.2) is 0 Å². The maximum Gasteiger partial charge on any atom is 0.109 e. The Morgan fingerprint density at radius 1 is 0.625 bits per heavy atom. The second-order valence-electron chi connectivity index (χ2n) is 8.87. The third kappa shape index (κ3) is 3.32. The van der Waals surface area contributed by atoms with Crippen LogP contribution in [0.3, 0.4) is 0 Å². The van der Waals surface area contributed by atoms with Gasteiger partial charge in [0.05, 0.1) is 0 Å². The van der Waals surface area contributed by atoms with Gasteiger partial charge in [0.2, 0.25) is 0 Å². The van der Waals surface area contributed by atoms with Crippen LogP contribution in [0.25, 0.3) is 11.1 Å². The van der Waals surface area contributed by atoms with E-state index in [0.29, 0.717) is 12.1 Å². The molecule has 0 aliphatic carbocycles. The molecular weight excluding hydrogens is 388 g/mol. The fourth-order valence-electron chi connectivity index (χ4n) is 5.64. The normalized spacial score (nSPS) is 17.2.